The average molecular weight is 335 g/mol. The Bertz CT molecular complexity index is 703. The van der Waals surface area contributed by atoms with Crippen LogP contribution in [0.25, 0.3) is 0 Å². The molecular weight excluding hydrogens is 316 g/mol. The van der Waals surface area contributed by atoms with Gasteiger partial charge in [0.15, 0.2) is 0 Å². The molecule has 1 unspecified atom stereocenters. The zero-order valence-electron chi connectivity index (χ0n) is 13.1. The maximum Gasteiger partial charge on any atom is 0.269 e. The second kappa shape index (κ2) is 6.98. The van der Waals surface area contributed by atoms with E-state index >= 15 is 0 Å². The van der Waals surface area contributed by atoms with Gasteiger partial charge in [-0.2, -0.15) is 0 Å². The van der Waals surface area contributed by atoms with Gasteiger partial charge in [0.1, 0.15) is 5.75 Å². The molecule has 2 aromatic carbocycles. The van der Waals surface area contributed by atoms with Crippen molar-refractivity contribution in [1.82, 2.24) is 4.90 Å². The minimum absolute atomic E-state index is 0. The third-order valence-corrected chi connectivity index (χ3v) is 4.17. The molecule has 122 valence electrons. The molecule has 1 aliphatic rings. The number of rotatable bonds is 3. The second-order valence-corrected chi connectivity index (χ2v) is 5.66. The highest BCUT2D eigenvalue weighted by Crippen LogP contribution is 2.35. The molecule has 0 N–H and O–H groups in total. The van der Waals surface area contributed by atoms with Gasteiger partial charge in [-0.3, -0.25) is 10.1 Å². The van der Waals surface area contributed by atoms with Gasteiger partial charge in [0, 0.05) is 31.1 Å². The summed E-state index contributed by atoms with van der Waals surface area (Å²) >= 11 is 0. The number of methoxy groups -OCH3 is 1. The van der Waals surface area contributed by atoms with Crippen LogP contribution in [-0.4, -0.2) is 30.5 Å². The molecule has 1 aliphatic heterocycles. The van der Waals surface area contributed by atoms with Gasteiger partial charge in [-0.15, -0.1) is 12.4 Å². The fourth-order valence-electron chi connectivity index (χ4n) is 3.06. The molecule has 0 aromatic heterocycles. The van der Waals surface area contributed by atoms with E-state index in [9.17, 15) is 10.1 Å². The quantitative estimate of drug-likeness (QED) is 0.635. The molecule has 0 aliphatic carbocycles. The van der Waals surface area contributed by atoms with E-state index < -0.39 is 0 Å². The minimum Gasteiger partial charge on any atom is -0.497 e. The maximum absolute atomic E-state index is 10.8. The van der Waals surface area contributed by atoms with Crippen LogP contribution in [0.15, 0.2) is 42.5 Å². The molecule has 0 amide bonds. The summed E-state index contributed by atoms with van der Waals surface area (Å²) in [6.07, 6.45) is 0. The molecule has 5 nitrogen and oxygen atoms in total. The number of likely N-dealkylation sites (N-methyl/N-ethyl adjacent to an activating group) is 1. The zero-order valence-corrected chi connectivity index (χ0v) is 13.9. The van der Waals surface area contributed by atoms with E-state index in [1.54, 1.807) is 19.2 Å². The van der Waals surface area contributed by atoms with Crippen molar-refractivity contribution in [1.29, 1.82) is 0 Å². The van der Waals surface area contributed by atoms with Gasteiger partial charge in [-0.05, 0) is 35.9 Å². The van der Waals surface area contributed by atoms with E-state index in [1.165, 1.54) is 11.1 Å². The largest absolute Gasteiger partial charge is 0.497 e. The minimum atomic E-state index is -0.365. The van der Waals surface area contributed by atoms with Crippen LogP contribution in [0.1, 0.15) is 22.6 Å². The van der Waals surface area contributed by atoms with Crippen LogP contribution in [0.3, 0.4) is 0 Å². The molecule has 0 radical (unpaired) electrons. The SMILES string of the molecule is COc1ccc2c(c1)CN(C)CC2c1ccc([N+](=O)[O-])cc1.Cl. The van der Waals surface area contributed by atoms with Crippen molar-refractivity contribution in [2.75, 3.05) is 20.7 Å². The van der Waals surface area contributed by atoms with Crippen LogP contribution in [0.2, 0.25) is 0 Å². The van der Waals surface area contributed by atoms with Gasteiger partial charge in [0.05, 0.1) is 12.0 Å². The summed E-state index contributed by atoms with van der Waals surface area (Å²) in [5, 5.41) is 10.8. The van der Waals surface area contributed by atoms with Crippen molar-refractivity contribution in [3.05, 3.63) is 69.3 Å². The lowest BCUT2D eigenvalue weighted by Gasteiger charge is -2.32. The van der Waals surface area contributed by atoms with E-state index in [1.807, 2.05) is 18.2 Å². The van der Waals surface area contributed by atoms with Crippen molar-refractivity contribution in [2.45, 2.75) is 12.5 Å². The van der Waals surface area contributed by atoms with Crippen LogP contribution < -0.4 is 4.74 Å². The molecule has 1 atom stereocenters. The Morgan fingerprint density at radius 2 is 1.91 bits per heavy atom. The van der Waals surface area contributed by atoms with Crippen LogP contribution in [-0.2, 0) is 6.54 Å². The first-order chi connectivity index (χ1) is 10.6. The summed E-state index contributed by atoms with van der Waals surface area (Å²) in [7, 11) is 3.75. The monoisotopic (exact) mass is 334 g/mol. The van der Waals surface area contributed by atoms with Crippen LogP contribution >= 0.6 is 12.4 Å². The lowest BCUT2D eigenvalue weighted by atomic mass is 9.84. The van der Waals surface area contributed by atoms with E-state index in [0.29, 0.717) is 0 Å². The summed E-state index contributed by atoms with van der Waals surface area (Å²) in [5.74, 6) is 1.08. The number of non-ortho nitro benzene ring substituents is 1. The topological polar surface area (TPSA) is 55.6 Å². The van der Waals surface area contributed by atoms with E-state index in [-0.39, 0.29) is 28.9 Å². The standard InChI is InChI=1S/C17H18N2O3.ClH/c1-18-10-13-9-15(22-2)7-8-16(13)17(11-18)12-3-5-14(6-4-12)19(20)21;/h3-9,17H,10-11H2,1-2H3;1H. The summed E-state index contributed by atoms with van der Waals surface area (Å²) in [6, 6.07) is 13.0. The third-order valence-electron chi connectivity index (χ3n) is 4.17. The van der Waals surface area contributed by atoms with Crippen molar-refractivity contribution in [2.24, 2.45) is 0 Å². The smallest absolute Gasteiger partial charge is 0.269 e. The molecule has 1 heterocycles. The normalized spacial score (nSPS) is 17.0. The fourth-order valence-corrected chi connectivity index (χ4v) is 3.06. The number of nitro benzene ring substituents is 1. The summed E-state index contributed by atoms with van der Waals surface area (Å²) in [5.41, 5.74) is 3.75. The Morgan fingerprint density at radius 3 is 2.52 bits per heavy atom. The van der Waals surface area contributed by atoms with Crippen LogP contribution in [0, 0.1) is 10.1 Å². The average Bonchev–Trinajstić information content (AvgIpc) is 2.53. The Hall–Kier alpha value is -2.11. The fraction of sp³-hybridized carbons (Fsp3) is 0.294. The van der Waals surface area contributed by atoms with Crippen molar-refractivity contribution in [3.63, 3.8) is 0 Å². The van der Waals surface area contributed by atoms with Crippen molar-refractivity contribution < 1.29 is 9.66 Å². The van der Waals surface area contributed by atoms with Gasteiger partial charge >= 0.3 is 0 Å². The van der Waals surface area contributed by atoms with Gasteiger partial charge < -0.3 is 9.64 Å². The Kier molecular flexibility index (Phi) is 5.23. The predicted octanol–water partition coefficient (Wildman–Crippen LogP) is 3.60. The number of ether oxygens (including phenoxy) is 1. The molecule has 0 saturated heterocycles. The molecule has 0 bridgehead atoms. The number of nitrogens with zero attached hydrogens (tertiary/aromatic N) is 2. The Labute approximate surface area is 141 Å². The molecule has 23 heavy (non-hydrogen) atoms. The lowest BCUT2D eigenvalue weighted by Crippen LogP contribution is -2.30. The summed E-state index contributed by atoms with van der Waals surface area (Å²) in [4.78, 5) is 12.7. The van der Waals surface area contributed by atoms with Gasteiger partial charge in [0.2, 0.25) is 0 Å². The van der Waals surface area contributed by atoms with Gasteiger partial charge in [-0.1, -0.05) is 18.2 Å². The summed E-state index contributed by atoms with van der Waals surface area (Å²) in [6.45, 7) is 1.78. The molecule has 0 spiro atoms. The number of hydrogen-bond donors (Lipinski definition) is 0. The number of benzene rings is 2. The molecule has 2 aromatic rings. The first-order valence-electron chi connectivity index (χ1n) is 7.18. The van der Waals surface area contributed by atoms with E-state index in [0.717, 1.165) is 24.4 Å². The lowest BCUT2D eigenvalue weighted by molar-refractivity contribution is -0.384. The highest BCUT2D eigenvalue weighted by molar-refractivity contribution is 5.85. The zero-order chi connectivity index (χ0) is 15.7. The molecule has 0 fully saturated rings. The third kappa shape index (κ3) is 3.46. The number of nitro groups is 1. The van der Waals surface area contributed by atoms with Crippen molar-refractivity contribution >= 4 is 18.1 Å². The number of hydrogen-bond acceptors (Lipinski definition) is 4. The second-order valence-electron chi connectivity index (χ2n) is 5.66. The van der Waals surface area contributed by atoms with E-state index in [2.05, 4.69) is 24.1 Å². The van der Waals surface area contributed by atoms with Gasteiger partial charge in [-0.25, -0.2) is 0 Å². The Balaban J connectivity index is 0.00000192. The first kappa shape index (κ1) is 17.2. The number of fused-ring (bicyclic) bond motifs is 1. The van der Waals surface area contributed by atoms with Crippen LogP contribution in [0.4, 0.5) is 5.69 Å². The van der Waals surface area contributed by atoms with Crippen LogP contribution in [0.5, 0.6) is 5.75 Å². The molecule has 3 rings (SSSR count). The maximum atomic E-state index is 10.8. The molecular formula is C17H19ClN2O3. The predicted molar refractivity (Wildman–Crippen MR) is 91.5 cm³/mol. The summed E-state index contributed by atoms with van der Waals surface area (Å²) < 4.78 is 5.31. The number of halogens is 1. The Morgan fingerprint density at radius 1 is 1.22 bits per heavy atom. The van der Waals surface area contributed by atoms with Crippen molar-refractivity contribution in [3.8, 4) is 5.75 Å². The molecule has 6 heteroatoms. The highest BCUT2D eigenvalue weighted by Gasteiger charge is 2.25. The molecule has 0 saturated carbocycles. The van der Waals surface area contributed by atoms with E-state index in [4.69, 9.17) is 4.74 Å². The van der Waals surface area contributed by atoms with Gasteiger partial charge in [0.25, 0.3) is 5.69 Å². The first-order valence-corrected chi connectivity index (χ1v) is 7.18. The highest BCUT2D eigenvalue weighted by atomic mass is 35.5.